The van der Waals surface area contributed by atoms with Crippen LogP contribution in [0.25, 0.3) is 22.8 Å². The predicted molar refractivity (Wildman–Crippen MR) is 242 cm³/mol. The predicted octanol–water partition coefficient (Wildman–Crippen LogP) is 8.98. The van der Waals surface area contributed by atoms with E-state index >= 15 is 0 Å². The minimum Gasteiger partial charge on any atom is -0.406 e. The van der Waals surface area contributed by atoms with Crippen LogP contribution in [0.4, 0.5) is 58.9 Å². The second kappa shape index (κ2) is 23.8. The molecule has 3 heterocycles. The van der Waals surface area contributed by atoms with Crippen molar-refractivity contribution >= 4 is 59.4 Å². The summed E-state index contributed by atoms with van der Waals surface area (Å²) in [5.74, 6) is -1.69. The molecule has 0 atom stereocenters. The van der Waals surface area contributed by atoms with Gasteiger partial charge >= 0.3 is 12.7 Å². The Balaban J connectivity index is 0.000000229. The number of aromatic nitrogens is 6. The first kappa shape index (κ1) is 51.3. The van der Waals surface area contributed by atoms with Crippen LogP contribution in [0.1, 0.15) is 11.1 Å². The minimum atomic E-state index is -4.78. The van der Waals surface area contributed by atoms with Gasteiger partial charge in [0, 0.05) is 40.3 Å². The van der Waals surface area contributed by atoms with Crippen molar-refractivity contribution in [3.63, 3.8) is 0 Å². The van der Waals surface area contributed by atoms with Crippen molar-refractivity contribution in [2.75, 3.05) is 75.1 Å². The highest BCUT2D eigenvalue weighted by Crippen LogP contribution is 2.31. The number of hydrazine groups is 1. The first-order valence-electron chi connectivity index (χ1n) is 20.1. The van der Waals surface area contributed by atoms with E-state index in [9.17, 15) is 35.1 Å². The van der Waals surface area contributed by atoms with E-state index in [0.29, 0.717) is 30.9 Å². The van der Waals surface area contributed by atoms with Crippen LogP contribution in [0.3, 0.4) is 0 Å². The number of hydrogen-bond acceptors (Lipinski definition) is 17. The maximum atomic E-state index is 14.5. The number of alkyl halides is 6. The summed E-state index contributed by atoms with van der Waals surface area (Å²) in [6.45, 7) is 4.22. The zero-order valence-corrected chi connectivity index (χ0v) is 37.5. The Morgan fingerprint density at radius 2 is 1.07 bits per heavy atom. The van der Waals surface area contributed by atoms with Gasteiger partial charge in [-0.2, -0.15) is 40.1 Å². The van der Waals surface area contributed by atoms with Crippen LogP contribution in [-0.4, -0.2) is 118 Å². The lowest BCUT2D eigenvalue weighted by Gasteiger charge is -2.26. The molecule has 1 aliphatic rings. The zero-order chi connectivity index (χ0) is 49.6. The Bertz CT molecular complexity index is 2660. The van der Waals surface area contributed by atoms with Crippen molar-refractivity contribution in [1.29, 1.82) is 0 Å². The van der Waals surface area contributed by atoms with Crippen LogP contribution in [0.5, 0.6) is 11.5 Å². The van der Waals surface area contributed by atoms with Crippen molar-refractivity contribution < 1.29 is 49.3 Å². The van der Waals surface area contributed by atoms with Crippen molar-refractivity contribution in [2.24, 2.45) is 10.2 Å². The molecule has 4 N–H and O–H groups in total. The van der Waals surface area contributed by atoms with Crippen LogP contribution in [0, 0.1) is 11.6 Å². The van der Waals surface area contributed by atoms with Gasteiger partial charge in [0.15, 0.2) is 11.6 Å². The van der Waals surface area contributed by atoms with Gasteiger partial charge in [-0.25, -0.2) is 24.6 Å². The van der Waals surface area contributed by atoms with Crippen LogP contribution in [-0.2, 0) is 4.74 Å². The molecule has 0 unspecified atom stereocenters. The third-order valence-electron chi connectivity index (χ3n) is 8.77. The summed E-state index contributed by atoms with van der Waals surface area (Å²) in [6.07, 6.45) is -6.87. The molecule has 1 saturated heterocycles. The Labute approximate surface area is 397 Å². The molecular weight excluding hydrogens is 971 g/mol. The van der Waals surface area contributed by atoms with Gasteiger partial charge in [-0.3, -0.25) is 10.3 Å². The molecule has 27 heteroatoms. The molecular formula is C42H38Cl2F8N14O3. The normalized spacial score (nSPS) is 13.3. The summed E-state index contributed by atoms with van der Waals surface area (Å²) in [5.41, 5.74) is 9.02. The summed E-state index contributed by atoms with van der Waals surface area (Å²) in [4.78, 5) is 27.5. The second-order valence-electron chi connectivity index (χ2n) is 14.2. The number of halogens is 10. The lowest BCUT2D eigenvalue weighted by molar-refractivity contribution is -0.275. The summed E-state index contributed by atoms with van der Waals surface area (Å²) in [7, 11) is 3.41. The molecule has 0 aliphatic carbocycles. The fourth-order valence-electron chi connectivity index (χ4n) is 5.82. The third kappa shape index (κ3) is 16.6. The molecule has 4 aromatic carbocycles. The molecule has 0 saturated carbocycles. The maximum Gasteiger partial charge on any atom is 0.573 e. The van der Waals surface area contributed by atoms with E-state index in [2.05, 4.69) is 76.1 Å². The van der Waals surface area contributed by atoms with E-state index < -0.39 is 24.4 Å². The van der Waals surface area contributed by atoms with Crippen LogP contribution >= 0.6 is 23.2 Å². The second-order valence-corrected chi connectivity index (χ2v) is 15.0. The van der Waals surface area contributed by atoms with Crippen LogP contribution in [0.15, 0.2) is 95.1 Å². The monoisotopic (exact) mass is 1010 g/mol. The van der Waals surface area contributed by atoms with E-state index in [-0.39, 0.29) is 68.1 Å². The maximum absolute atomic E-state index is 14.5. The van der Waals surface area contributed by atoms with E-state index in [1.165, 1.54) is 73.1 Å². The Morgan fingerprint density at radius 3 is 1.51 bits per heavy atom. The first-order valence-corrected chi connectivity index (χ1v) is 20.8. The summed E-state index contributed by atoms with van der Waals surface area (Å²) < 4.78 is 116. The molecule has 0 bridgehead atoms. The SMILES string of the molecule is CN(C)Nc1nc(N/N=C\c2ccc(OC(F)(F)F)cc2)nc(-c2c(F)cccc2Cl)n1.Fc1cccc(Cl)c1-c1nc(NCCN2CCOCC2)nc(N/N=C\c2ccc(OC(F)(F)F)cc2)n1. The van der Waals surface area contributed by atoms with Gasteiger partial charge in [-0.15, -0.1) is 26.3 Å². The van der Waals surface area contributed by atoms with Gasteiger partial charge in [-0.1, -0.05) is 35.3 Å². The highest BCUT2D eigenvalue weighted by Gasteiger charge is 2.31. The molecule has 364 valence electrons. The molecule has 0 amide bonds. The molecule has 1 aliphatic heterocycles. The first-order chi connectivity index (χ1) is 32.9. The number of rotatable bonds is 16. The van der Waals surface area contributed by atoms with Crippen molar-refractivity contribution in [3.8, 4) is 34.3 Å². The standard InChI is InChI=1S/C23H22ClF4N7O2.C19H16ClF4N7O/c24-17-2-1-3-18(25)19(17)20-31-21(29-8-9-35-10-12-36-13-11-35)33-22(32-20)34-30-14-15-4-6-16(7-5-15)37-23(26,27)28;1-31(2)30-18-27-16(15-13(20)4-3-5-14(15)21)26-17(28-18)29-25-10-11-6-8-12(9-7-11)32-19(22,23)24/h1-7,14H,8-13H2,(H2,29,31,32,33,34);3-10H,1-2H3,(H2,26,27,28,29,30)/b30-14-;25-10-. The van der Waals surface area contributed by atoms with Crippen LogP contribution < -0.4 is 31.1 Å². The Morgan fingerprint density at radius 1 is 0.638 bits per heavy atom. The van der Waals surface area contributed by atoms with Crippen molar-refractivity contribution in [3.05, 3.63) is 118 Å². The topological polar surface area (TPSA) is 184 Å². The van der Waals surface area contributed by atoms with Gasteiger partial charge in [-0.05, 0) is 83.9 Å². The molecule has 0 radical (unpaired) electrons. The highest BCUT2D eigenvalue weighted by atomic mass is 35.5. The van der Waals surface area contributed by atoms with Gasteiger partial charge < -0.3 is 19.5 Å². The van der Waals surface area contributed by atoms with Gasteiger partial charge in [0.2, 0.25) is 23.8 Å². The molecule has 6 aromatic rings. The molecule has 7 rings (SSSR count). The summed E-state index contributed by atoms with van der Waals surface area (Å²) in [5, 5.41) is 12.9. The quantitative estimate of drug-likeness (QED) is 0.0409. The number of hydrazone groups is 2. The number of morpholine rings is 1. The van der Waals surface area contributed by atoms with E-state index in [4.69, 9.17) is 27.9 Å². The number of ether oxygens (including phenoxy) is 3. The van der Waals surface area contributed by atoms with Crippen molar-refractivity contribution in [2.45, 2.75) is 12.7 Å². The van der Waals surface area contributed by atoms with E-state index in [1.807, 2.05) is 0 Å². The number of anilines is 4. The lowest BCUT2D eigenvalue weighted by Crippen LogP contribution is -2.39. The molecule has 17 nitrogen and oxygen atoms in total. The fraction of sp³-hybridized carbons (Fsp3) is 0.238. The highest BCUT2D eigenvalue weighted by molar-refractivity contribution is 6.33. The average molecular weight is 1010 g/mol. The smallest absolute Gasteiger partial charge is 0.406 e. The lowest BCUT2D eigenvalue weighted by atomic mass is 10.2. The molecule has 2 aromatic heterocycles. The third-order valence-corrected chi connectivity index (χ3v) is 9.40. The molecule has 0 spiro atoms. The summed E-state index contributed by atoms with van der Waals surface area (Å²) >= 11 is 12.3. The number of benzene rings is 4. The Kier molecular flexibility index (Phi) is 17.7. The molecule has 69 heavy (non-hydrogen) atoms. The van der Waals surface area contributed by atoms with Gasteiger partial charge in [0.05, 0.1) is 46.8 Å². The van der Waals surface area contributed by atoms with Gasteiger partial charge in [0.25, 0.3) is 0 Å². The number of nitrogens with zero attached hydrogens (tertiary/aromatic N) is 10. The minimum absolute atomic E-state index is 0.00155. The van der Waals surface area contributed by atoms with Crippen LogP contribution in [0.2, 0.25) is 10.0 Å². The summed E-state index contributed by atoms with van der Waals surface area (Å²) in [6, 6.07) is 18.6. The number of nitrogens with one attached hydrogen (secondary N) is 4. The molecule has 1 fully saturated rings. The zero-order valence-electron chi connectivity index (χ0n) is 36.0. The van der Waals surface area contributed by atoms with Gasteiger partial charge in [0.1, 0.15) is 23.1 Å². The van der Waals surface area contributed by atoms with E-state index in [0.717, 1.165) is 43.9 Å². The fourth-order valence-corrected chi connectivity index (χ4v) is 6.31. The largest absolute Gasteiger partial charge is 0.573 e. The van der Waals surface area contributed by atoms with Crippen molar-refractivity contribution in [1.82, 2.24) is 39.8 Å². The average Bonchev–Trinajstić information content (AvgIpc) is 3.27. The Hall–Kier alpha value is -7.06. The van der Waals surface area contributed by atoms with E-state index in [1.54, 1.807) is 19.1 Å². The number of hydrogen-bond donors (Lipinski definition) is 4.